The van der Waals surface area contributed by atoms with Crippen LogP contribution in [0.4, 0.5) is 0 Å². The van der Waals surface area contributed by atoms with Gasteiger partial charge in [-0.2, -0.15) is 0 Å². The van der Waals surface area contributed by atoms with Crippen LogP contribution in [0.2, 0.25) is 10.2 Å². The standard InChI is InChI=1S/C18H12N4.C11H16BNO2.C8H4Cl2N2/c1-2-16-17(11-15(1)13-3-7-19-8-4-13)21-12-18(22-16)14-5-9-20-10-6-14;1-10(2)11(3,4)15-12(14-10)9-5-7-13-8-6-9;9-5-1-2-6-7(3-5)11-4-8(10)12-6/h1-12H;5-8H,1-4H3;1-4H. The van der Waals surface area contributed by atoms with Gasteiger partial charge in [-0.1, -0.05) is 29.3 Å². The molecule has 6 heterocycles. The van der Waals surface area contributed by atoms with E-state index in [1.807, 2.05) is 76.2 Å². The quantitative estimate of drug-likeness (QED) is 0.170. The number of aromatic nitrogens is 7. The van der Waals surface area contributed by atoms with E-state index >= 15 is 0 Å². The largest absolute Gasteiger partial charge is 0.494 e. The maximum atomic E-state index is 5.90. The Labute approximate surface area is 294 Å². The summed E-state index contributed by atoms with van der Waals surface area (Å²) in [6.07, 6.45) is 13.9. The highest BCUT2D eigenvalue weighted by Gasteiger charge is 2.51. The summed E-state index contributed by atoms with van der Waals surface area (Å²) in [4.78, 5) is 29.4. The third-order valence-corrected chi connectivity index (χ3v) is 8.66. The van der Waals surface area contributed by atoms with E-state index in [0.29, 0.717) is 10.2 Å². The van der Waals surface area contributed by atoms with Crippen molar-refractivity contribution in [1.82, 2.24) is 34.9 Å². The Bertz CT molecular complexity index is 2040. The molecule has 244 valence electrons. The van der Waals surface area contributed by atoms with Gasteiger partial charge >= 0.3 is 7.12 Å². The van der Waals surface area contributed by atoms with Gasteiger partial charge in [-0.3, -0.25) is 24.9 Å². The van der Waals surface area contributed by atoms with Gasteiger partial charge in [-0.05, 0) is 111 Å². The zero-order chi connectivity index (χ0) is 34.4. The van der Waals surface area contributed by atoms with Crippen molar-refractivity contribution in [1.29, 1.82) is 0 Å². The van der Waals surface area contributed by atoms with Crippen molar-refractivity contribution in [2.75, 3.05) is 0 Å². The fraction of sp³-hybridized carbons (Fsp3) is 0.162. The Kier molecular flexibility index (Phi) is 10.2. The number of halogens is 2. The second-order valence-electron chi connectivity index (χ2n) is 12.1. The molecule has 0 N–H and O–H groups in total. The molecule has 0 spiro atoms. The molecule has 0 atom stereocenters. The van der Waals surface area contributed by atoms with Gasteiger partial charge in [0.15, 0.2) is 0 Å². The summed E-state index contributed by atoms with van der Waals surface area (Å²) < 4.78 is 11.8. The summed E-state index contributed by atoms with van der Waals surface area (Å²) in [6, 6.07) is 23.1. The normalized spacial score (nSPS) is 14.4. The molecule has 0 aliphatic carbocycles. The number of nitrogens with zero attached hydrogens (tertiary/aromatic N) is 7. The van der Waals surface area contributed by atoms with Crippen LogP contribution >= 0.6 is 23.2 Å². The predicted molar refractivity (Wildman–Crippen MR) is 196 cm³/mol. The molecule has 9 nitrogen and oxygen atoms in total. The Hall–Kier alpha value is -4.87. The first kappa shape index (κ1) is 34.0. The fourth-order valence-corrected chi connectivity index (χ4v) is 5.16. The van der Waals surface area contributed by atoms with Gasteiger partial charge in [0.1, 0.15) is 5.15 Å². The lowest BCUT2D eigenvalue weighted by Crippen LogP contribution is -2.41. The number of hydrogen-bond acceptors (Lipinski definition) is 9. The average molecular weight is 688 g/mol. The highest BCUT2D eigenvalue weighted by Crippen LogP contribution is 2.36. The van der Waals surface area contributed by atoms with Crippen LogP contribution < -0.4 is 5.46 Å². The van der Waals surface area contributed by atoms with Crippen molar-refractivity contribution >= 4 is 57.8 Å². The molecule has 7 aromatic rings. The third-order valence-electron chi connectivity index (χ3n) is 8.24. The molecule has 0 unspecified atom stereocenters. The summed E-state index contributed by atoms with van der Waals surface area (Å²) in [5, 5.41) is 1.05. The van der Waals surface area contributed by atoms with Gasteiger partial charge in [-0.25, -0.2) is 9.97 Å². The Balaban J connectivity index is 0.000000135. The second kappa shape index (κ2) is 14.7. The Morgan fingerprint density at radius 3 is 1.71 bits per heavy atom. The molecule has 0 bridgehead atoms. The molecule has 0 saturated carbocycles. The number of fused-ring (bicyclic) bond motifs is 2. The molecule has 1 saturated heterocycles. The van der Waals surface area contributed by atoms with Crippen LogP contribution in [-0.4, -0.2) is 53.2 Å². The van der Waals surface area contributed by atoms with Gasteiger partial charge in [-0.15, -0.1) is 0 Å². The van der Waals surface area contributed by atoms with Crippen molar-refractivity contribution in [3.8, 4) is 22.4 Å². The van der Waals surface area contributed by atoms with E-state index in [0.717, 1.165) is 49.9 Å². The van der Waals surface area contributed by atoms with Crippen LogP contribution in [0.15, 0.2) is 122 Å². The minimum atomic E-state index is -0.280. The molecule has 1 aliphatic heterocycles. The summed E-state index contributed by atoms with van der Waals surface area (Å²) in [5.74, 6) is 0. The van der Waals surface area contributed by atoms with Crippen molar-refractivity contribution in [3.63, 3.8) is 0 Å². The van der Waals surface area contributed by atoms with Gasteiger partial charge < -0.3 is 9.31 Å². The van der Waals surface area contributed by atoms with Gasteiger partial charge in [0.25, 0.3) is 0 Å². The van der Waals surface area contributed by atoms with E-state index in [9.17, 15) is 0 Å². The summed E-state index contributed by atoms with van der Waals surface area (Å²) in [5.41, 5.74) is 7.84. The zero-order valence-corrected chi connectivity index (χ0v) is 28.8. The average Bonchev–Trinajstić information content (AvgIpc) is 3.35. The number of hydrogen-bond donors (Lipinski definition) is 0. The van der Waals surface area contributed by atoms with Crippen LogP contribution in [-0.2, 0) is 9.31 Å². The monoisotopic (exact) mass is 687 g/mol. The highest BCUT2D eigenvalue weighted by atomic mass is 35.5. The minimum Gasteiger partial charge on any atom is -0.399 e. The van der Waals surface area contributed by atoms with Crippen LogP contribution in [0.25, 0.3) is 44.5 Å². The lowest BCUT2D eigenvalue weighted by molar-refractivity contribution is 0.00578. The maximum absolute atomic E-state index is 5.90. The Morgan fingerprint density at radius 1 is 0.531 bits per heavy atom. The van der Waals surface area contributed by atoms with Crippen molar-refractivity contribution in [2.24, 2.45) is 0 Å². The van der Waals surface area contributed by atoms with Crippen molar-refractivity contribution < 1.29 is 9.31 Å². The first-order chi connectivity index (χ1) is 23.6. The van der Waals surface area contributed by atoms with Crippen LogP contribution in [0.1, 0.15) is 27.7 Å². The van der Waals surface area contributed by atoms with E-state index in [1.54, 1.807) is 61.6 Å². The first-order valence-electron chi connectivity index (χ1n) is 15.5. The van der Waals surface area contributed by atoms with Crippen molar-refractivity contribution in [3.05, 3.63) is 133 Å². The number of rotatable bonds is 3. The van der Waals surface area contributed by atoms with E-state index < -0.39 is 0 Å². The van der Waals surface area contributed by atoms with Crippen LogP contribution in [0.3, 0.4) is 0 Å². The van der Waals surface area contributed by atoms with E-state index in [2.05, 4.69) is 41.0 Å². The maximum Gasteiger partial charge on any atom is 0.494 e. The van der Waals surface area contributed by atoms with Gasteiger partial charge in [0, 0.05) is 47.8 Å². The summed E-state index contributed by atoms with van der Waals surface area (Å²) in [7, 11) is -0.280. The topological polar surface area (TPSA) is 109 Å². The number of pyridine rings is 3. The number of benzene rings is 2. The molecule has 0 radical (unpaired) electrons. The van der Waals surface area contributed by atoms with Gasteiger partial charge in [0.05, 0.1) is 51.4 Å². The minimum absolute atomic E-state index is 0.277. The predicted octanol–water partition coefficient (Wildman–Crippen LogP) is 8.07. The Morgan fingerprint density at radius 2 is 1.06 bits per heavy atom. The molecule has 1 aliphatic rings. The molecule has 1 fully saturated rings. The second-order valence-corrected chi connectivity index (χ2v) is 12.9. The molecule has 2 aromatic carbocycles. The molecule has 5 aromatic heterocycles. The molecular formula is C37H32BCl2N7O2. The summed E-state index contributed by atoms with van der Waals surface area (Å²) in [6.45, 7) is 8.20. The van der Waals surface area contributed by atoms with E-state index in [4.69, 9.17) is 32.5 Å². The highest BCUT2D eigenvalue weighted by molar-refractivity contribution is 6.62. The zero-order valence-electron chi connectivity index (χ0n) is 27.3. The van der Waals surface area contributed by atoms with E-state index in [1.165, 1.54) is 6.20 Å². The van der Waals surface area contributed by atoms with E-state index in [-0.39, 0.29) is 18.3 Å². The van der Waals surface area contributed by atoms with Crippen molar-refractivity contribution in [2.45, 2.75) is 38.9 Å². The summed E-state index contributed by atoms with van der Waals surface area (Å²) >= 11 is 11.4. The smallest absolute Gasteiger partial charge is 0.399 e. The first-order valence-corrected chi connectivity index (χ1v) is 16.2. The molecule has 0 amide bonds. The molecule has 49 heavy (non-hydrogen) atoms. The lowest BCUT2D eigenvalue weighted by atomic mass is 9.80. The lowest BCUT2D eigenvalue weighted by Gasteiger charge is -2.32. The SMILES string of the molecule is CC1(C)OB(c2ccncc2)OC1(C)C.Clc1ccc2nc(Cl)cnc2c1.c1cc(-c2ccc3nc(-c4ccncc4)cnc3c2)ccn1. The fourth-order valence-electron chi connectivity index (χ4n) is 4.86. The molecular weight excluding hydrogens is 656 g/mol. The molecule has 12 heteroatoms. The van der Waals surface area contributed by atoms with Crippen LogP contribution in [0.5, 0.6) is 0 Å². The van der Waals surface area contributed by atoms with Crippen LogP contribution in [0, 0.1) is 0 Å². The third kappa shape index (κ3) is 8.24. The van der Waals surface area contributed by atoms with Gasteiger partial charge in [0.2, 0.25) is 0 Å². The molecule has 8 rings (SSSR count).